The van der Waals surface area contributed by atoms with E-state index >= 15 is 0 Å². The molecule has 0 N–H and O–H groups in total. The van der Waals surface area contributed by atoms with Gasteiger partial charge in [0.25, 0.3) is 0 Å². The zero-order valence-electron chi connectivity index (χ0n) is 14.4. The van der Waals surface area contributed by atoms with Crippen molar-refractivity contribution in [2.24, 2.45) is 11.8 Å². The van der Waals surface area contributed by atoms with E-state index in [-0.39, 0.29) is 0 Å². The molecule has 0 aromatic heterocycles. The lowest BCUT2D eigenvalue weighted by Crippen LogP contribution is -2.14. The monoisotopic (exact) mass is 297 g/mol. The van der Waals surface area contributed by atoms with Crippen LogP contribution in [0.3, 0.4) is 0 Å². The fraction of sp³-hybridized carbons (Fsp3) is 0.667. The average molecular weight is 297 g/mol. The predicted molar refractivity (Wildman–Crippen MR) is 93.8 cm³/mol. The lowest BCUT2D eigenvalue weighted by Gasteiger charge is -2.29. The van der Waals surface area contributed by atoms with E-state index in [1.54, 1.807) is 0 Å². The van der Waals surface area contributed by atoms with Crippen LogP contribution in [-0.2, 0) is 0 Å². The molecule has 0 bridgehead atoms. The van der Waals surface area contributed by atoms with Crippen molar-refractivity contribution >= 4 is 0 Å². The Morgan fingerprint density at radius 3 is 2.27 bits per heavy atom. The molecular weight excluding hydrogens is 266 g/mol. The molecule has 1 aliphatic rings. The minimum Gasteiger partial charge on any atom is -0.192 e. The number of hydrogen-bond acceptors (Lipinski definition) is 1. The number of rotatable bonds is 7. The maximum atomic E-state index is 8.89. The Morgan fingerprint density at radius 2 is 1.73 bits per heavy atom. The molecule has 1 saturated carbocycles. The van der Waals surface area contributed by atoms with Gasteiger partial charge >= 0.3 is 0 Å². The Bertz CT molecular complexity index is 460. The summed E-state index contributed by atoms with van der Waals surface area (Å²) in [4.78, 5) is 0. The second kappa shape index (κ2) is 8.99. The van der Waals surface area contributed by atoms with Gasteiger partial charge in [-0.15, -0.1) is 0 Å². The van der Waals surface area contributed by atoms with Gasteiger partial charge < -0.3 is 0 Å². The van der Waals surface area contributed by atoms with Gasteiger partial charge in [-0.1, -0.05) is 58.1 Å². The van der Waals surface area contributed by atoms with Gasteiger partial charge in [0.2, 0.25) is 0 Å². The molecule has 1 heteroatoms. The Morgan fingerprint density at radius 1 is 1.05 bits per heavy atom. The van der Waals surface area contributed by atoms with Crippen molar-refractivity contribution in [3.8, 4) is 6.07 Å². The first kappa shape index (κ1) is 17.1. The van der Waals surface area contributed by atoms with Crippen molar-refractivity contribution < 1.29 is 0 Å². The van der Waals surface area contributed by atoms with Gasteiger partial charge in [-0.05, 0) is 61.1 Å². The van der Waals surface area contributed by atoms with Crippen LogP contribution >= 0.6 is 0 Å². The summed E-state index contributed by atoms with van der Waals surface area (Å²) in [7, 11) is 0. The van der Waals surface area contributed by atoms with Gasteiger partial charge in [0, 0.05) is 0 Å². The van der Waals surface area contributed by atoms with E-state index in [4.69, 9.17) is 5.26 Å². The molecule has 1 fully saturated rings. The second-order valence-corrected chi connectivity index (χ2v) is 7.09. The van der Waals surface area contributed by atoms with Crippen LogP contribution < -0.4 is 0 Å². The summed E-state index contributed by atoms with van der Waals surface area (Å²) in [6, 6.07) is 10.5. The first-order valence-corrected chi connectivity index (χ1v) is 9.26. The average Bonchev–Trinajstić information content (AvgIpc) is 2.59. The maximum Gasteiger partial charge on any atom is 0.0991 e. The van der Waals surface area contributed by atoms with Gasteiger partial charge in [-0.2, -0.15) is 5.26 Å². The summed E-state index contributed by atoms with van der Waals surface area (Å²) in [6.45, 7) is 4.66. The number of benzene rings is 1. The molecule has 1 unspecified atom stereocenters. The fourth-order valence-corrected chi connectivity index (χ4v) is 4.05. The number of nitriles is 1. The quantitative estimate of drug-likeness (QED) is 0.568. The normalized spacial score (nSPS) is 23.0. The standard InChI is InChI=1S/C21H31N/c1-3-5-17(4-2)6-7-18-8-12-20(13-9-18)21-14-10-19(16-22)11-15-21/h10-11,14-15,17-18,20H,3-9,12-13H2,1-2H3. The van der Waals surface area contributed by atoms with Crippen molar-refractivity contribution in [3.05, 3.63) is 35.4 Å². The smallest absolute Gasteiger partial charge is 0.0991 e. The van der Waals surface area contributed by atoms with Crippen LogP contribution in [0.4, 0.5) is 0 Å². The molecule has 0 saturated heterocycles. The van der Waals surface area contributed by atoms with Crippen molar-refractivity contribution in [2.45, 2.75) is 77.6 Å². The predicted octanol–water partition coefficient (Wildman–Crippen LogP) is 6.44. The molecule has 0 radical (unpaired) electrons. The third-order valence-electron chi connectivity index (χ3n) is 5.62. The van der Waals surface area contributed by atoms with E-state index in [0.717, 1.165) is 23.3 Å². The largest absolute Gasteiger partial charge is 0.192 e. The molecule has 0 amide bonds. The Hall–Kier alpha value is -1.29. The summed E-state index contributed by atoms with van der Waals surface area (Å²) >= 11 is 0. The van der Waals surface area contributed by atoms with Crippen LogP contribution in [0.2, 0.25) is 0 Å². The van der Waals surface area contributed by atoms with Gasteiger partial charge in [0.05, 0.1) is 11.6 Å². The molecule has 1 aromatic carbocycles. The molecule has 0 heterocycles. The Balaban J connectivity index is 1.76. The second-order valence-electron chi connectivity index (χ2n) is 7.09. The molecule has 0 aliphatic heterocycles. The van der Waals surface area contributed by atoms with Gasteiger partial charge in [0.15, 0.2) is 0 Å². The molecule has 1 nitrogen and oxygen atoms in total. The summed E-state index contributed by atoms with van der Waals surface area (Å²) in [5, 5.41) is 8.89. The highest BCUT2D eigenvalue weighted by Crippen LogP contribution is 2.38. The van der Waals surface area contributed by atoms with E-state index in [1.807, 2.05) is 12.1 Å². The summed E-state index contributed by atoms with van der Waals surface area (Å²) in [5.41, 5.74) is 2.22. The van der Waals surface area contributed by atoms with Crippen molar-refractivity contribution in [1.82, 2.24) is 0 Å². The Kier molecular flexibility index (Phi) is 6.97. The van der Waals surface area contributed by atoms with Gasteiger partial charge in [0.1, 0.15) is 0 Å². The van der Waals surface area contributed by atoms with Gasteiger partial charge in [-0.3, -0.25) is 0 Å². The zero-order chi connectivity index (χ0) is 15.8. The minimum atomic E-state index is 0.724. The molecule has 120 valence electrons. The van der Waals surface area contributed by atoms with Crippen LogP contribution in [-0.4, -0.2) is 0 Å². The molecule has 0 spiro atoms. The molecule has 1 atom stereocenters. The van der Waals surface area contributed by atoms with E-state index < -0.39 is 0 Å². The van der Waals surface area contributed by atoms with Crippen LogP contribution in [0.25, 0.3) is 0 Å². The minimum absolute atomic E-state index is 0.724. The molecule has 1 aromatic rings. The number of hydrogen-bond donors (Lipinski definition) is 0. The van der Waals surface area contributed by atoms with Crippen molar-refractivity contribution in [1.29, 1.82) is 5.26 Å². The van der Waals surface area contributed by atoms with Crippen LogP contribution in [0, 0.1) is 23.2 Å². The third kappa shape index (κ3) is 4.87. The highest BCUT2D eigenvalue weighted by atomic mass is 14.3. The molecule has 1 aliphatic carbocycles. The highest BCUT2D eigenvalue weighted by molar-refractivity contribution is 5.33. The molecular formula is C21H31N. The topological polar surface area (TPSA) is 23.8 Å². The SMILES string of the molecule is CCCC(CC)CCC1CCC(c2ccc(C#N)cc2)CC1. The third-order valence-corrected chi connectivity index (χ3v) is 5.62. The van der Waals surface area contributed by atoms with E-state index in [0.29, 0.717) is 0 Å². The number of nitrogens with zero attached hydrogens (tertiary/aromatic N) is 1. The lowest BCUT2D eigenvalue weighted by atomic mass is 9.76. The van der Waals surface area contributed by atoms with E-state index in [2.05, 4.69) is 32.0 Å². The summed E-state index contributed by atoms with van der Waals surface area (Å²) in [6.07, 6.45) is 12.5. The fourth-order valence-electron chi connectivity index (χ4n) is 4.05. The Labute approximate surface area is 136 Å². The van der Waals surface area contributed by atoms with E-state index in [9.17, 15) is 0 Å². The summed E-state index contributed by atoms with van der Waals surface area (Å²) in [5.74, 6) is 2.64. The lowest BCUT2D eigenvalue weighted by molar-refractivity contribution is 0.279. The summed E-state index contributed by atoms with van der Waals surface area (Å²) < 4.78 is 0. The highest BCUT2D eigenvalue weighted by Gasteiger charge is 2.22. The van der Waals surface area contributed by atoms with Crippen LogP contribution in [0.1, 0.15) is 88.7 Å². The van der Waals surface area contributed by atoms with E-state index in [1.165, 1.54) is 63.4 Å². The maximum absolute atomic E-state index is 8.89. The van der Waals surface area contributed by atoms with Gasteiger partial charge in [-0.25, -0.2) is 0 Å². The first-order valence-electron chi connectivity index (χ1n) is 9.26. The van der Waals surface area contributed by atoms with Crippen LogP contribution in [0.5, 0.6) is 0 Å². The zero-order valence-corrected chi connectivity index (χ0v) is 14.4. The van der Waals surface area contributed by atoms with Crippen molar-refractivity contribution in [3.63, 3.8) is 0 Å². The molecule has 2 rings (SSSR count). The van der Waals surface area contributed by atoms with Crippen molar-refractivity contribution in [2.75, 3.05) is 0 Å². The van der Waals surface area contributed by atoms with Crippen LogP contribution in [0.15, 0.2) is 24.3 Å². The first-order chi connectivity index (χ1) is 10.8. The molecule has 22 heavy (non-hydrogen) atoms.